The van der Waals surface area contributed by atoms with Crippen LogP contribution in [0.3, 0.4) is 0 Å². The molecule has 0 radical (unpaired) electrons. The first kappa shape index (κ1) is 9.14. The lowest BCUT2D eigenvalue weighted by atomic mass is 10.0. The predicted molar refractivity (Wildman–Crippen MR) is 74.6 cm³/mol. The summed E-state index contributed by atoms with van der Waals surface area (Å²) in [7, 11) is 0. The summed E-state index contributed by atoms with van der Waals surface area (Å²) in [4.78, 5) is 4.47. The average molecular weight is 235 g/mol. The Labute approximate surface area is 102 Å². The zero-order valence-corrected chi connectivity index (χ0v) is 9.87. The number of fused-ring (bicyclic) bond motifs is 4. The smallest absolute Gasteiger partial charge is 0.0890 e. The highest BCUT2D eigenvalue weighted by Crippen LogP contribution is 2.30. The summed E-state index contributed by atoms with van der Waals surface area (Å²) in [5.74, 6) is 0. The normalized spacial score (nSPS) is 11.5. The van der Waals surface area contributed by atoms with Gasteiger partial charge in [-0.05, 0) is 34.4 Å². The molecule has 1 nitrogen and oxygen atoms in total. The Morgan fingerprint density at radius 1 is 0.824 bits per heavy atom. The maximum atomic E-state index is 4.47. The summed E-state index contributed by atoms with van der Waals surface area (Å²) in [5.41, 5.74) is 3.04. The highest BCUT2D eigenvalue weighted by molar-refractivity contribution is 7.16. The molecular weight excluding hydrogens is 226 g/mol. The van der Waals surface area contributed by atoms with E-state index in [9.17, 15) is 0 Å². The van der Waals surface area contributed by atoms with Crippen molar-refractivity contribution in [3.8, 4) is 0 Å². The van der Waals surface area contributed by atoms with Crippen LogP contribution in [0.4, 0.5) is 0 Å². The first-order valence-corrected chi connectivity index (χ1v) is 6.44. The van der Waals surface area contributed by atoms with Crippen LogP contribution < -0.4 is 0 Å². The standard InChI is InChI=1S/C15H9NS/c1-2-4-11-8-13-12(7-10(11)3-1)5-6-14-15(13)16-9-17-14/h1-9H. The molecule has 0 atom stereocenters. The highest BCUT2D eigenvalue weighted by Gasteiger charge is 2.04. The lowest BCUT2D eigenvalue weighted by molar-refractivity contribution is 1.52. The van der Waals surface area contributed by atoms with Gasteiger partial charge in [-0.2, -0.15) is 0 Å². The predicted octanol–water partition coefficient (Wildman–Crippen LogP) is 4.60. The molecule has 0 N–H and O–H groups in total. The molecular formula is C15H9NS. The van der Waals surface area contributed by atoms with Crippen LogP contribution in [-0.2, 0) is 0 Å². The van der Waals surface area contributed by atoms with Gasteiger partial charge in [0.2, 0.25) is 0 Å². The molecule has 4 rings (SSSR count). The molecule has 0 unspecified atom stereocenters. The van der Waals surface area contributed by atoms with Crippen molar-refractivity contribution in [1.29, 1.82) is 0 Å². The van der Waals surface area contributed by atoms with Crippen molar-refractivity contribution in [2.24, 2.45) is 0 Å². The Balaban J connectivity index is 2.29. The quantitative estimate of drug-likeness (QED) is 0.406. The van der Waals surface area contributed by atoms with Gasteiger partial charge >= 0.3 is 0 Å². The van der Waals surface area contributed by atoms with Gasteiger partial charge in [-0.25, -0.2) is 4.98 Å². The minimum atomic E-state index is 1.12. The lowest BCUT2D eigenvalue weighted by Crippen LogP contribution is -1.77. The van der Waals surface area contributed by atoms with Crippen molar-refractivity contribution in [3.05, 3.63) is 54.0 Å². The van der Waals surface area contributed by atoms with Crippen molar-refractivity contribution >= 4 is 43.1 Å². The van der Waals surface area contributed by atoms with Gasteiger partial charge in [0.1, 0.15) is 0 Å². The van der Waals surface area contributed by atoms with Gasteiger partial charge in [-0.15, -0.1) is 11.3 Å². The third-order valence-corrected chi connectivity index (χ3v) is 3.98. The summed E-state index contributed by atoms with van der Waals surface area (Å²) >= 11 is 1.70. The molecule has 0 fully saturated rings. The van der Waals surface area contributed by atoms with Gasteiger partial charge in [0.25, 0.3) is 0 Å². The van der Waals surface area contributed by atoms with Crippen LogP contribution in [0.5, 0.6) is 0 Å². The molecule has 0 saturated carbocycles. The van der Waals surface area contributed by atoms with E-state index in [0.717, 1.165) is 5.52 Å². The summed E-state index contributed by atoms with van der Waals surface area (Å²) in [5, 5.41) is 5.08. The molecule has 17 heavy (non-hydrogen) atoms. The summed E-state index contributed by atoms with van der Waals surface area (Å²) in [6, 6.07) is 17.3. The first-order valence-electron chi connectivity index (χ1n) is 5.56. The summed E-state index contributed by atoms with van der Waals surface area (Å²) in [6.45, 7) is 0. The molecule has 0 bridgehead atoms. The van der Waals surface area contributed by atoms with Crippen molar-refractivity contribution < 1.29 is 0 Å². The van der Waals surface area contributed by atoms with Crippen molar-refractivity contribution in [3.63, 3.8) is 0 Å². The molecule has 0 saturated heterocycles. The third kappa shape index (κ3) is 1.28. The van der Waals surface area contributed by atoms with Gasteiger partial charge in [0.05, 0.1) is 15.7 Å². The fraction of sp³-hybridized carbons (Fsp3) is 0. The summed E-state index contributed by atoms with van der Waals surface area (Å²) < 4.78 is 1.26. The molecule has 4 aromatic rings. The van der Waals surface area contributed by atoms with Crippen molar-refractivity contribution in [1.82, 2.24) is 4.98 Å². The van der Waals surface area contributed by atoms with Gasteiger partial charge < -0.3 is 0 Å². The molecule has 80 valence electrons. The van der Waals surface area contributed by atoms with E-state index in [2.05, 4.69) is 53.5 Å². The number of rotatable bonds is 0. The molecule has 1 aromatic heterocycles. The van der Waals surface area contributed by atoms with E-state index in [1.165, 1.54) is 26.2 Å². The molecule has 0 amide bonds. The van der Waals surface area contributed by atoms with Gasteiger partial charge in [-0.1, -0.05) is 30.3 Å². The second kappa shape index (κ2) is 3.28. The fourth-order valence-corrected chi connectivity index (χ4v) is 3.03. The topological polar surface area (TPSA) is 12.9 Å². The Bertz CT molecular complexity index is 845. The Hall–Kier alpha value is -1.93. The number of benzene rings is 3. The van der Waals surface area contributed by atoms with E-state index in [4.69, 9.17) is 0 Å². The van der Waals surface area contributed by atoms with Gasteiger partial charge in [-0.3, -0.25) is 0 Å². The van der Waals surface area contributed by atoms with Crippen molar-refractivity contribution in [2.45, 2.75) is 0 Å². The van der Waals surface area contributed by atoms with Crippen LogP contribution in [0, 0.1) is 0 Å². The number of nitrogens with zero attached hydrogens (tertiary/aromatic N) is 1. The van der Waals surface area contributed by atoms with Crippen LogP contribution in [0.2, 0.25) is 0 Å². The van der Waals surface area contributed by atoms with E-state index < -0.39 is 0 Å². The van der Waals surface area contributed by atoms with E-state index in [1.807, 2.05) is 5.51 Å². The monoisotopic (exact) mass is 235 g/mol. The molecule has 2 heteroatoms. The Morgan fingerprint density at radius 2 is 1.65 bits per heavy atom. The van der Waals surface area contributed by atoms with Crippen LogP contribution in [-0.4, -0.2) is 4.98 Å². The van der Waals surface area contributed by atoms with Crippen LogP contribution >= 0.6 is 11.3 Å². The maximum Gasteiger partial charge on any atom is 0.0890 e. The van der Waals surface area contributed by atoms with E-state index in [0.29, 0.717) is 0 Å². The third-order valence-electron chi connectivity index (χ3n) is 3.18. The van der Waals surface area contributed by atoms with Crippen LogP contribution in [0.1, 0.15) is 0 Å². The minimum absolute atomic E-state index is 1.12. The average Bonchev–Trinajstić information content (AvgIpc) is 2.85. The molecule has 0 spiro atoms. The van der Waals surface area contributed by atoms with Gasteiger partial charge in [0.15, 0.2) is 0 Å². The number of thiazole rings is 1. The van der Waals surface area contributed by atoms with Gasteiger partial charge in [0, 0.05) is 5.39 Å². The largest absolute Gasteiger partial charge is 0.244 e. The number of aromatic nitrogens is 1. The van der Waals surface area contributed by atoms with Crippen molar-refractivity contribution in [2.75, 3.05) is 0 Å². The maximum absolute atomic E-state index is 4.47. The Kier molecular flexibility index (Phi) is 1.76. The molecule has 0 aliphatic carbocycles. The molecule has 3 aromatic carbocycles. The van der Waals surface area contributed by atoms with E-state index in [-0.39, 0.29) is 0 Å². The first-order chi connectivity index (χ1) is 8.42. The van der Waals surface area contributed by atoms with Crippen LogP contribution in [0.15, 0.2) is 54.0 Å². The zero-order chi connectivity index (χ0) is 11.2. The highest BCUT2D eigenvalue weighted by atomic mass is 32.1. The zero-order valence-electron chi connectivity index (χ0n) is 9.05. The number of hydrogen-bond acceptors (Lipinski definition) is 2. The molecule has 0 aliphatic heterocycles. The Morgan fingerprint density at radius 3 is 2.53 bits per heavy atom. The SMILES string of the molecule is c1ccc2cc3c(ccc4scnc43)cc2c1. The summed E-state index contributed by atoms with van der Waals surface area (Å²) in [6.07, 6.45) is 0. The molecule has 1 heterocycles. The van der Waals surface area contributed by atoms with E-state index >= 15 is 0 Å². The minimum Gasteiger partial charge on any atom is -0.244 e. The number of hydrogen-bond donors (Lipinski definition) is 0. The fourth-order valence-electron chi connectivity index (χ4n) is 2.34. The second-order valence-corrected chi connectivity index (χ2v) is 5.07. The van der Waals surface area contributed by atoms with E-state index in [1.54, 1.807) is 11.3 Å². The lowest BCUT2D eigenvalue weighted by Gasteiger charge is -2.02. The molecule has 0 aliphatic rings. The second-order valence-electron chi connectivity index (χ2n) is 4.19. The van der Waals surface area contributed by atoms with Crippen LogP contribution in [0.25, 0.3) is 31.8 Å².